The molecule has 2 rings (SSSR count). The summed E-state index contributed by atoms with van der Waals surface area (Å²) in [7, 11) is 0. The van der Waals surface area contributed by atoms with Crippen molar-refractivity contribution in [2.45, 2.75) is 19.8 Å². The minimum absolute atomic E-state index is 0.451. The van der Waals surface area contributed by atoms with Crippen molar-refractivity contribution in [1.29, 1.82) is 0 Å². The molecule has 0 spiro atoms. The van der Waals surface area contributed by atoms with Crippen LogP contribution < -0.4 is 8.92 Å². The third-order valence-electron chi connectivity index (χ3n) is 2.46. The average molecular weight is 275 g/mol. The van der Waals surface area contributed by atoms with Crippen LogP contribution in [0, 0.1) is 0 Å². The number of hydrogen-bond acceptors (Lipinski definition) is 0. The fraction of sp³-hybridized carbons (Fsp3) is 0.200. The zero-order valence-electron chi connectivity index (χ0n) is 9.52. The van der Waals surface area contributed by atoms with Crippen molar-refractivity contribution >= 4 is 23.9 Å². The Balaban J connectivity index is 2.21. The van der Waals surface area contributed by atoms with Gasteiger partial charge in [0.25, 0.3) is 0 Å². The van der Waals surface area contributed by atoms with Crippen LogP contribution in [0.3, 0.4) is 0 Å². The number of aryl methyl sites for hydroxylation is 1. The third kappa shape index (κ3) is 2.98. The van der Waals surface area contributed by atoms with Gasteiger partial charge in [0.15, 0.2) is 0 Å². The van der Waals surface area contributed by atoms with Crippen LogP contribution in [-0.2, 0) is 6.42 Å². The molecule has 0 nitrogen and oxygen atoms in total. The van der Waals surface area contributed by atoms with Gasteiger partial charge in [0, 0.05) is 0 Å². The first-order chi connectivity index (χ1) is 7.90. The summed E-state index contributed by atoms with van der Waals surface area (Å²) in [6, 6.07) is 19.6. The Hall–Kier alpha value is -1.04. The SMILES string of the molecule is CCCc1ccccc1[Se]c1ccccc1. The van der Waals surface area contributed by atoms with Crippen molar-refractivity contribution in [3.05, 3.63) is 60.2 Å². The summed E-state index contributed by atoms with van der Waals surface area (Å²) in [6.07, 6.45) is 2.42. The second-order valence-electron chi connectivity index (χ2n) is 3.77. The number of hydrogen-bond donors (Lipinski definition) is 0. The second kappa shape index (κ2) is 5.88. The summed E-state index contributed by atoms with van der Waals surface area (Å²) in [5.41, 5.74) is 1.52. The molecular formula is C15H16Se. The van der Waals surface area contributed by atoms with E-state index in [1.807, 2.05) is 0 Å². The molecule has 2 aromatic rings. The first kappa shape index (κ1) is 11.4. The summed E-state index contributed by atoms with van der Waals surface area (Å²) in [4.78, 5) is 0. The molecule has 0 aliphatic carbocycles. The Bertz CT molecular complexity index is 434. The van der Waals surface area contributed by atoms with Gasteiger partial charge in [-0.3, -0.25) is 0 Å². The Morgan fingerprint density at radius 1 is 0.875 bits per heavy atom. The molecule has 0 aromatic heterocycles. The molecule has 2 aromatic carbocycles. The summed E-state index contributed by atoms with van der Waals surface area (Å²) >= 11 is 0.451. The van der Waals surface area contributed by atoms with E-state index in [-0.39, 0.29) is 0 Å². The number of rotatable bonds is 4. The Labute approximate surface area is 104 Å². The molecular weight excluding hydrogens is 259 g/mol. The monoisotopic (exact) mass is 276 g/mol. The van der Waals surface area contributed by atoms with Crippen LogP contribution in [0.2, 0.25) is 0 Å². The van der Waals surface area contributed by atoms with Crippen LogP contribution in [0.15, 0.2) is 54.6 Å². The van der Waals surface area contributed by atoms with Crippen molar-refractivity contribution in [3.8, 4) is 0 Å². The predicted molar refractivity (Wildman–Crippen MR) is 71.9 cm³/mol. The molecule has 1 heteroatoms. The molecule has 0 saturated carbocycles. The van der Waals surface area contributed by atoms with E-state index in [1.165, 1.54) is 27.3 Å². The first-order valence-corrected chi connectivity index (χ1v) is 7.42. The zero-order chi connectivity index (χ0) is 11.2. The van der Waals surface area contributed by atoms with Crippen LogP contribution in [0.5, 0.6) is 0 Å². The topological polar surface area (TPSA) is 0 Å². The van der Waals surface area contributed by atoms with Crippen molar-refractivity contribution in [1.82, 2.24) is 0 Å². The minimum atomic E-state index is 0.451. The van der Waals surface area contributed by atoms with E-state index in [2.05, 4.69) is 61.5 Å². The van der Waals surface area contributed by atoms with Crippen LogP contribution >= 0.6 is 0 Å². The molecule has 0 bridgehead atoms. The number of benzene rings is 2. The molecule has 82 valence electrons. The quantitative estimate of drug-likeness (QED) is 0.751. The summed E-state index contributed by atoms with van der Waals surface area (Å²) in [5.74, 6) is 0. The van der Waals surface area contributed by atoms with Crippen molar-refractivity contribution in [3.63, 3.8) is 0 Å². The molecule has 0 saturated heterocycles. The van der Waals surface area contributed by atoms with Gasteiger partial charge in [-0.2, -0.15) is 0 Å². The average Bonchev–Trinajstić information content (AvgIpc) is 2.33. The Morgan fingerprint density at radius 3 is 2.31 bits per heavy atom. The molecule has 0 aliphatic rings. The fourth-order valence-electron chi connectivity index (χ4n) is 1.69. The third-order valence-corrected chi connectivity index (χ3v) is 4.83. The molecule has 16 heavy (non-hydrogen) atoms. The van der Waals surface area contributed by atoms with Crippen LogP contribution in [-0.4, -0.2) is 15.0 Å². The van der Waals surface area contributed by atoms with Crippen molar-refractivity contribution in [2.24, 2.45) is 0 Å². The van der Waals surface area contributed by atoms with E-state index in [0.29, 0.717) is 15.0 Å². The van der Waals surface area contributed by atoms with Gasteiger partial charge in [0.05, 0.1) is 0 Å². The molecule has 0 atom stereocenters. The van der Waals surface area contributed by atoms with E-state index in [4.69, 9.17) is 0 Å². The van der Waals surface area contributed by atoms with Gasteiger partial charge in [0.2, 0.25) is 0 Å². The van der Waals surface area contributed by atoms with E-state index < -0.39 is 0 Å². The standard InChI is InChI=1S/C15H16Se/c1-2-8-13-9-6-7-12-15(13)16-14-10-4-3-5-11-14/h3-7,9-12H,2,8H2,1H3. The van der Waals surface area contributed by atoms with Crippen LogP contribution in [0.1, 0.15) is 18.9 Å². The second-order valence-corrected chi connectivity index (χ2v) is 6.11. The maximum absolute atomic E-state index is 2.28. The molecule has 0 aliphatic heterocycles. The molecule has 0 heterocycles. The molecule has 0 fully saturated rings. The molecule has 0 unspecified atom stereocenters. The van der Waals surface area contributed by atoms with Gasteiger partial charge in [0.1, 0.15) is 0 Å². The van der Waals surface area contributed by atoms with Gasteiger partial charge >= 0.3 is 104 Å². The Kier molecular flexibility index (Phi) is 4.21. The van der Waals surface area contributed by atoms with Crippen LogP contribution in [0.4, 0.5) is 0 Å². The predicted octanol–water partition coefficient (Wildman–Crippen LogP) is 2.29. The van der Waals surface area contributed by atoms with E-state index in [9.17, 15) is 0 Å². The van der Waals surface area contributed by atoms with E-state index >= 15 is 0 Å². The van der Waals surface area contributed by atoms with Crippen LogP contribution in [0.25, 0.3) is 0 Å². The first-order valence-electron chi connectivity index (χ1n) is 5.71. The zero-order valence-corrected chi connectivity index (χ0v) is 11.2. The van der Waals surface area contributed by atoms with Gasteiger partial charge in [-0.15, -0.1) is 0 Å². The van der Waals surface area contributed by atoms with Gasteiger partial charge in [-0.1, -0.05) is 0 Å². The summed E-state index contributed by atoms with van der Waals surface area (Å²) in [6.45, 7) is 2.24. The van der Waals surface area contributed by atoms with Crippen molar-refractivity contribution in [2.75, 3.05) is 0 Å². The molecule has 0 radical (unpaired) electrons. The molecule has 0 N–H and O–H groups in total. The maximum atomic E-state index is 2.28. The van der Waals surface area contributed by atoms with Gasteiger partial charge < -0.3 is 0 Å². The molecule has 0 amide bonds. The van der Waals surface area contributed by atoms with Gasteiger partial charge in [-0.05, 0) is 0 Å². The van der Waals surface area contributed by atoms with Crippen molar-refractivity contribution < 1.29 is 0 Å². The van der Waals surface area contributed by atoms with Gasteiger partial charge in [-0.25, -0.2) is 0 Å². The normalized spacial score (nSPS) is 10.3. The van der Waals surface area contributed by atoms with E-state index in [0.717, 1.165) is 0 Å². The summed E-state index contributed by atoms with van der Waals surface area (Å²) < 4.78 is 2.99. The fourth-order valence-corrected chi connectivity index (χ4v) is 3.78. The summed E-state index contributed by atoms with van der Waals surface area (Å²) in [5, 5.41) is 0. The Morgan fingerprint density at radius 2 is 1.56 bits per heavy atom. The van der Waals surface area contributed by atoms with E-state index in [1.54, 1.807) is 0 Å².